The number of halogens is 1. The van der Waals surface area contributed by atoms with Crippen molar-refractivity contribution < 1.29 is 19.1 Å². The third-order valence-corrected chi connectivity index (χ3v) is 6.00. The smallest absolute Gasteiger partial charge is 0.331 e. The Morgan fingerprint density at radius 1 is 1.15 bits per heavy atom. The molecular formula is C19H19ClN2O4S. The van der Waals surface area contributed by atoms with Gasteiger partial charge in [0.05, 0.1) is 5.02 Å². The standard InChI is InChI=1S/C19H19ClN2O4S/c1-13(23)21-8-10-22(11-9-21)17(24)12-26-18(25)7-6-16-19(20)14-4-2-3-5-15(14)27-16/h2-7H,8-12H2,1H3/b7-6+. The predicted molar refractivity (Wildman–Crippen MR) is 106 cm³/mol. The van der Waals surface area contributed by atoms with E-state index in [1.54, 1.807) is 15.9 Å². The molecule has 8 heteroatoms. The summed E-state index contributed by atoms with van der Waals surface area (Å²) in [5.41, 5.74) is 0. The van der Waals surface area contributed by atoms with Crippen LogP contribution in [-0.4, -0.2) is 60.4 Å². The molecule has 0 radical (unpaired) electrons. The molecule has 0 bridgehead atoms. The lowest BCUT2D eigenvalue weighted by Gasteiger charge is -2.34. The molecule has 1 fully saturated rings. The summed E-state index contributed by atoms with van der Waals surface area (Å²) in [7, 11) is 0. The number of hydrogen-bond donors (Lipinski definition) is 0. The summed E-state index contributed by atoms with van der Waals surface area (Å²) in [6, 6.07) is 7.73. The van der Waals surface area contributed by atoms with E-state index in [2.05, 4.69) is 0 Å². The molecule has 0 unspecified atom stereocenters. The van der Waals surface area contributed by atoms with E-state index in [1.165, 1.54) is 24.3 Å². The van der Waals surface area contributed by atoms with Gasteiger partial charge in [0.25, 0.3) is 5.91 Å². The lowest BCUT2D eigenvalue weighted by atomic mass is 10.2. The average molecular weight is 407 g/mol. The van der Waals surface area contributed by atoms with Crippen LogP contribution in [0.15, 0.2) is 30.3 Å². The number of carbonyl (C=O) groups is 3. The van der Waals surface area contributed by atoms with Crippen molar-refractivity contribution in [3.8, 4) is 0 Å². The van der Waals surface area contributed by atoms with Gasteiger partial charge in [-0.1, -0.05) is 29.8 Å². The maximum absolute atomic E-state index is 12.1. The minimum atomic E-state index is -0.598. The second kappa shape index (κ2) is 8.54. The summed E-state index contributed by atoms with van der Waals surface area (Å²) < 4.78 is 6.07. The highest BCUT2D eigenvalue weighted by Gasteiger charge is 2.22. The zero-order valence-corrected chi connectivity index (χ0v) is 16.4. The number of carbonyl (C=O) groups excluding carboxylic acids is 3. The van der Waals surface area contributed by atoms with E-state index in [0.29, 0.717) is 31.2 Å². The van der Waals surface area contributed by atoms with Crippen LogP contribution in [0.2, 0.25) is 5.02 Å². The fourth-order valence-corrected chi connectivity index (χ4v) is 4.23. The highest BCUT2D eigenvalue weighted by atomic mass is 35.5. The van der Waals surface area contributed by atoms with Gasteiger partial charge in [-0.3, -0.25) is 9.59 Å². The van der Waals surface area contributed by atoms with Crippen LogP contribution in [0.1, 0.15) is 11.8 Å². The molecule has 1 aromatic carbocycles. The Balaban J connectivity index is 1.50. The minimum Gasteiger partial charge on any atom is -0.452 e. The Kier molecular flexibility index (Phi) is 6.13. The van der Waals surface area contributed by atoms with Crippen LogP contribution in [0.25, 0.3) is 16.2 Å². The monoisotopic (exact) mass is 406 g/mol. The van der Waals surface area contributed by atoms with E-state index in [0.717, 1.165) is 15.0 Å². The lowest BCUT2D eigenvalue weighted by Crippen LogP contribution is -2.51. The molecule has 0 N–H and O–H groups in total. The van der Waals surface area contributed by atoms with Gasteiger partial charge in [0.1, 0.15) is 0 Å². The molecule has 2 heterocycles. The fraction of sp³-hybridized carbons (Fsp3) is 0.316. The summed E-state index contributed by atoms with van der Waals surface area (Å²) in [4.78, 5) is 39.4. The van der Waals surface area contributed by atoms with Gasteiger partial charge in [-0.05, 0) is 12.1 Å². The van der Waals surface area contributed by atoms with Gasteiger partial charge >= 0.3 is 5.97 Å². The number of nitrogens with zero attached hydrogens (tertiary/aromatic N) is 2. The van der Waals surface area contributed by atoms with Crippen molar-refractivity contribution in [3.05, 3.63) is 40.2 Å². The minimum absolute atomic E-state index is 0.00133. The molecule has 142 valence electrons. The number of piperazine rings is 1. The van der Waals surface area contributed by atoms with Crippen molar-refractivity contribution in [1.29, 1.82) is 0 Å². The zero-order valence-electron chi connectivity index (χ0n) is 14.8. The third-order valence-electron chi connectivity index (χ3n) is 4.35. The molecule has 1 aromatic heterocycles. The lowest BCUT2D eigenvalue weighted by molar-refractivity contribution is -0.149. The normalized spacial score (nSPS) is 14.7. The van der Waals surface area contributed by atoms with E-state index < -0.39 is 5.97 Å². The Bertz CT molecular complexity index is 900. The topological polar surface area (TPSA) is 66.9 Å². The van der Waals surface area contributed by atoms with Crippen LogP contribution < -0.4 is 0 Å². The molecule has 3 rings (SSSR count). The molecule has 0 atom stereocenters. The molecule has 1 saturated heterocycles. The van der Waals surface area contributed by atoms with E-state index in [4.69, 9.17) is 16.3 Å². The van der Waals surface area contributed by atoms with Crippen LogP contribution in [0.4, 0.5) is 0 Å². The Morgan fingerprint density at radius 2 is 1.81 bits per heavy atom. The second-order valence-electron chi connectivity index (χ2n) is 6.10. The largest absolute Gasteiger partial charge is 0.452 e. The first-order valence-electron chi connectivity index (χ1n) is 8.51. The van der Waals surface area contributed by atoms with Crippen LogP contribution in [0, 0.1) is 0 Å². The van der Waals surface area contributed by atoms with E-state index >= 15 is 0 Å². The second-order valence-corrected chi connectivity index (χ2v) is 7.57. The summed E-state index contributed by atoms with van der Waals surface area (Å²) in [6.07, 6.45) is 2.88. The number of fused-ring (bicyclic) bond motifs is 1. The quantitative estimate of drug-likeness (QED) is 0.578. The first-order chi connectivity index (χ1) is 13.0. The predicted octanol–water partition coefficient (Wildman–Crippen LogP) is 2.80. The van der Waals surface area contributed by atoms with Gasteiger partial charge in [0.2, 0.25) is 5.91 Å². The number of benzene rings is 1. The van der Waals surface area contributed by atoms with Gasteiger partial charge in [-0.15, -0.1) is 11.3 Å². The summed E-state index contributed by atoms with van der Waals surface area (Å²) in [6.45, 7) is 3.09. The van der Waals surface area contributed by atoms with Crippen LogP contribution >= 0.6 is 22.9 Å². The van der Waals surface area contributed by atoms with E-state index in [-0.39, 0.29) is 18.4 Å². The summed E-state index contributed by atoms with van der Waals surface area (Å²) >= 11 is 7.80. The first-order valence-corrected chi connectivity index (χ1v) is 9.70. The number of esters is 1. The molecule has 2 amide bonds. The van der Waals surface area contributed by atoms with Gasteiger partial charge < -0.3 is 14.5 Å². The maximum Gasteiger partial charge on any atom is 0.331 e. The zero-order chi connectivity index (χ0) is 19.4. The number of amides is 2. The Hall–Kier alpha value is -2.38. The molecule has 6 nitrogen and oxygen atoms in total. The third kappa shape index (κ3) is 4.67. The van der Waals surface area contributed by atoms with Crippen molar-refractivity contribution in [2.75, 3.05) is 32.8 Å². The van der Waals surface area contributed by atoms with E-state index in [9.17, 15) is 14.4 Å². The van der Waals surface area contributed by atoms with Gasteiger partial charge in [0.15, 0.2) is 6.61 Å². The van der Waals surface area contributed by atoms with Gasteiger partial charge in [0, 0.05) is 54.1 Å². The molecule has 27 heavy (non-hydrogen) atoms. The Morgan fingerprint density at radius 3 is 2.48 bits per heavy atom. The first kappa shape index (κ1) is 19.4. The molecule has 1 aliphatic heterocycles. The number of ether oxygens (including phenoxy) is 1. The van der Waals surface area contributed by atoms with Crippen molar-refractivity contribution in [2.45, 2.75) is 6.92 Å². The number of hydrogen-bond acceptors (Lipinski definition) is 5. The fourth-order valence-electron chi connectivity index (χ4n) is 2.83. The molecule has 0 saturated carbocycles. The molecular weight excluding hydrogens is 388 g/mol. The van der Waals surface area contributed by atoms with Crippen molar-refractivity contribution in [3.63, 3.8) is 0 Å². The number of rotatable bonds is 4. The SMILES string of the molecule is CC(=O)N1CCN(C(=O)COC(=O)/C=C/c2sc3ccccc3c2Cl)CC1. The Labute approximate surface area is 165 Å². The van der Waals surface area contributed by atoms with Crippen LogP contribution in [0.5, 0.6) is 0 Å². The van der Waals surface area contributed by atoms with Crippen molar-refractivity contribution in [2.24, 2.45) is 0 Å². The molecule has 2 aromatic rings. The summed E-state index contributed by atoms with van der Waals surface area (Å²) in [5, 5.41) is 1.54. The highest BCUT2D eigenvalue weighted by Crippen LogP contribution is 2.35. The molecule has 0 aliphatic carbocycles. The number of thiophene rings is 1. The van der Waals surface area contributed by atoms with Crippen molar-refractivity contribution >= 4 is 56.9 Å². The summed E-state index contributed by atoms with van der Waals surface area (Å²) in [5.74, 6) is -0.863. The van der Waals surface area contributed by atoms with Crippen LogP contribution in [0.3, 0.4) is 0 Å². The maximum atomic E-state index is 12.1. The van der Waals surface area contributed by atoms with Crippen LogP contribution in [-0.2, 0) is 19.1 Å². The van der Waals surface area contributed by atoms with Gasteiger partial charge in [-0.2, -0.15) is 0 Å². The van der Waals surface area contributed by atoms with E-state index in [1.807, 2.05) is 24.3 Å². The molecule has 0 spiro atoms. The average Bonchev–Trinajstić information content (AvgIpc) is 3.00. The van der Waals surface area contributed by atoms with Crippen molar-refractivity contribution in [1.82, 2.24) is 9.80 Å². The van der Waals surface area contributed by atoms with Gasteiger partial charge in [-0.25, -0.2) is 4.79 Å². The highest BCUT2D eigenvalue weighted by molar-refractivity contribution is 7.20. The molecule has 1 aliphatic rings.